The number of nitrogen functional groups attached to an aromatic ring is 2. The zero-order chi connectivity index (χ0) is 12.5. The number of hydrogen-bond donors (Lipinski definition) is 3. The number of benzene rings is 1. The number of fused-ring (bicyclic) bond motifs is 1. The Labute approximate surface area is 106 Å². The molecule has 3 rings (SSSR count). The molecule has 2 aromatic rings. The summed E-state index contributed by atoms with van der Waals surface area (Å²) in [6.07, 6.45) is 2.06. The third-order valence-corrected chi connectivity index (χ3v) is 3.36. The van der Waals surface area contributed by atoms with Gasteiger partial charge in [-0.1, -0.05) is 24.3 Å². The van der Waals surface area contributed by atoms with E-state index in [0.717, 1.165) is 18.7 Å². The third-order valence-electron chi connectivity index (χ3n) is 3.36. The fourth-order valence-corrected chi connectivity index (χ4v) is 2.44. The van der Waals surface area contributed by atoms with Crippen molar-refractivity contribution < 1.29 is 0 Å². The Kier molecular flexibility index (Phi) is 2.55. The Hall–Kier alpha value is -2.23. The van der Waals surface area contributed by atoms with Crippen molar-refractivity contribution in [2.75, 3.05) is 16.8 Å². The fraction of sp³-hybridized carbons (Fsp3) is 0.214. The Balaban J connectivity index is 1.74. The predicted molar refractivity (Wildman–Crippen MR) is 74.3 cm³/mol. The number of hydrogen-bond acceptors (Lipinski definition) is 4. The predicted octanol–water partition coefficient (Wildman–Crippen LogP) is 1.83. The van der Waals surface area contributed by atoms with Crippen molar-refractivity contribution >= 4 is 17.3 Å². The van der Waals surface area contributed by atoms with Crippen LogP contribution in [0.15, 0.2) is 36.4 Å². The minimum Gasteiger partial charge on any atom is -0.396 e. The summed E-state index contributed by atoms with van der Waals surface area (Å²) < 4.78 is 0. The van der Waals surface area contributed by atoms with Crippen LogP contribution in [-0.4, -0.2) is 11.0 Å². The molecular formula is C14H16N4. The maximum absolute atomic E-state index is 5.70. The highest BCUT2D eigenvalue weighted by molar-refractivity contribution is 5.61. The summed E-state index contributed by atoms with van der Waals surface area (Å²) in [4.78, 5) is 4.24. The van der Waals surface area contributed by atoms with Crippen LogP contribution in [0.1, 0.15) is 11.1 Å². The molecule has 0 fully saturated rings. The quantitative estimate of drug-likeness (QED) is 0.748. The lowest BCUT2D eigenvalue weighted by atomic mass is 10.1. The van der Waals surface area contributed by atoms with Crippen molar-refractivity contribution in [3.05, 3.63) is 47.5 Å². The lowest BCUT2D eigenvalue weighted by molar-refractivity contribution is 0.769. The molecule has 0 radical (unpaired) electrons. The summed E-state index contributed by atoms with van der Waals surface area (Å²) in [5.74, 6) is 1.18. The maximum Gasteiger partial charge on any atom is 0.149 e. The molecule has 1 heterocycles. The second-order valence-electron chi connectivity index (χ2n) is 4.69. The van der Waals surface area contributed by atoms with Gasteiger partial charge in [0.05, 0.1) is 5.69 Å². The minimum atomic E-state index is 0.385. The fourth-order valence-electron chi connectivity index (χ4n) is 2.44. The number of anilines is 3. The first kappa shape index (κ1) is 10.9. The van der Waals surface area contributed by atoms with E-state index in [9.17, 15) is 0 Å². The summed E-state index contributed by atoms with van der Waals surface area (Å²) in [7, 11) is 0. The van der Waals surface area contributed by atoms with E-state index >= 15 is 0 Å². The molecular weight excluding hydrogens is 224 g/mol. The molecule has 18 heavy (non-hydrogen) atoms. The molecule has 0 atom stereocenters. The van der Waals surface area contributed by atoms with Crippen LogP contribution in [0.2, 0.25) is 0 Å². The number of nitrogens with one attached hydrogen (secondary N) is 1. The van der Waals surface area contributed by atoms with Crippen LogP contribution in [0.3, 0.4) is 0 Å². The first-order chi connectivity index (χ1) is 8.72. The van der Waals surface area contributed by atoms with Crippen molar-refractivity contribution in [1.82, 2.24) is 4.98 Å². The molecule has 4 heteroatoms. The second kappa shape index (κ2) is 4.22. The standard InChI is InChI=1S/C14H16N4/c15-12-5-6-13(18-14(12)16)17-11-7-9-3-1-2-4-10(9)8-11/h1-6,11H,7-8,15H2,(H3,16,17,18). The molecule has 1 aromatic heterocycles. The van der Waals surface area contributed by atoms with Gasteiger partial charge in [0.1, 0.15) is 11.6 Å². The molecule has 0 aliphatic heterocycles. The normalized spacial score (nSPS) is 14.4. The highest BCUT2D eigenvalue weighted by atomic mass is 15.0. The zero-order valence-electron chi connectivity index (χ0n) is 10.1. The van der Waals surface area contributed by atoms with E-state index < -0.39 is 0 Å². The molecule has 1 aliphatic rings. The molecule has 0 bridgehead atoms. The molecule has 0 amide bonds. The summed E-state index contributed by atoms with van der Waals surface area (Å²) in [5, 5.41) is 3.41. The van der Waals surface area contributed by atoms with Gasteiger partial charge < -0.3 is 16.8 Å². The van der Waals surface area contributed by atoms with Gasteiger partial charge in [0, 0.05) is 6.04 Å². The van der Waals surface area contributed by atoms with E-state index in [1.54, 1.807) is 6.07 Å². The third kappa shape index (κ3) is 1.97. The van der Waals surface area contributed by atoms with Gasteiger partial charge in [0.15, 0.2) is 0 Å². The SMILES string of the molecule is Nc1ccc(NC2Cc3ccccc3C2)nc1N. The van der Waals surface area contributed by atoms with Crippen LogP contribution in [0.25, 0.3) is 0 Å². The minimum absolute atomic E-state index is 0.385. The topological polar surface area (TPSA) is 77.0 Å². The molecule has 1 aromatic carbocycles. The van der Waals surface area contributed by atoms with Crippen molar-refractivity contribution in [1.29, 1.82) is 0 Å². The summed E-state index contributed by atoms with van der Waals surface area (Å²) >= 11 is 0. The molecule has 0 unspecified atom stereocenters. The van der Waals surface area contributed by atoms with E-state index in [1.165, 1.54) is 11.1 Å². The summed E-state index contributed by atoms with van der Waals surface area (Å²) in [6.45, 7) is 0. The van der Waals surface area contributed by atoms with Gasteiger partial charge in [0.2, 0.25) is 0 Å². The molecule has 0 spiro atoms. The smallest absolute Gasteiger partial charge is 0.149 e. The lowest BCUT2D eigenvalue weighted by Crippen LogP contribution is -2.20. The zero-order valence-corrected chi connectivity index (χ0v) is 10.1. The average molecular weight is 240 g/mol. The van der Waals surface area contributed by atoms with Gasteiger partial charge in [-0.15, -0.1) is 0 Å². The first-order valence-electron chi connectivity index (χ1n) is 6.07. The van der Waals surface area contributed by atoms with E-state index in [1.807, 2.05) is 6.07 Å². The van der Waals surface area contributed by atoms with Crippen molar-refractivity contribution in [3.63, 3.8) is 0 Å². The van der Waals surface area contributed by atoms with Gasteiger partial charge in [-0.05, 0) is 36.1 Å². The van der Waals surface area contributed by atoms with Crippen molar-refractivity contribution in [2.45, 2.75) is 18.9 Å². The van der Waals surface area contributed by atoms with Gasteiger partial charge in [-0.3, -0.25) is 0 Å². The Morgan fingerprint density at radius 2 is 1.67 bits per heavy atom. The molecule has 92 valence electrons. The number of aromatic nitrogens is 1. The second-order valence-corrected chi connectivity index (χ2v) is 4.69. The van der Waals surface area contributed by atoms with Crippen LogP contribution in [0, 0.1) is 0 Å². The molecule has 0 saturated heterocycles. The van der Waals surface area contributed by atoms with E-state index in [4.69, 9.17) is 11.5 Å². The van der Waals surface area contributed by atoms with Gasteiger partial charge >= 0.3 is 0 Å². The van der Waals surface area contributed by atoms with Gasteiger partial charge in [-0.25, -0.2) is 4.98 Å². The highest BCUT2D eigenvalue weighted by Gasteiger charge is 2.20. The van der Waals surface area contributed by atoms with Crippen molar-refractivity contribution in [2.24, 2.45) is 0 Å². The van der Waals surface area contributed by atoms with E-state index in [0.29, 0.717) is 17.5 Å². The maximum atomic E-state index is 5.70. The molecule has 4 nitrogen and oxygen atoms in total. The molecule has 1 aliphatic carbocycles. The Morgan fingerprint density at radius 1 is 1.00 bits per heavy atom. The molecule has 5 N–H and O–H groups in total. The Morgan fingerprint density at radius 3 is 2.28 bits per heavy atom. The number of nitrogens with two attached hydrogens (primary N) is 2. The largest absolute Gasteiger partial charge is 0.396 e. The van der Waals surface area contributed by atoms with Gasteiger partial charge in [0.25, 0.3) is 0 Å². The van der Waals surface area contributed by atoms with Crippen molar-refractivity contribution in [3.8, 4) is 0 Å². The van der Waals surface area contributed by atoms with Crippen LogP contribution < -0.4 is 16.8 Å². The number of rotatable bonds is 2. The number of nitrogens with zero attached hydrogens (tertiary/aromatic N) is 1. The Bertz CT molecular complexity index is 555. The lowest BCUT2D eigenvalue weighted by Gasteiger charge is -2.13. The average Bonchev–Trinajstić information content (AvgIpc) is 2.76. The van der Waals surface area contributed by atoms with Crippen LogP contribution in [0.4, 0.5) is 17.3 Å². The number of pyridine rings is 1. The van der Waals surface area contributed by atoms with Crippen LogP contribution >= 0.6 is 0 Å². The van der Waals surface area contributed by atoms with E-state index in [2.05, 4.69) is 34.6 Å². The molecule has 0 saturated carbocycles. The van der Waals surface area contributed by atoms with Crippen LogP contribution in [0.5, 0.6) is 0 Å². The van der Waals surface area contributed by atoms with Crippen LogP contribution in [-0.2, 0) is 12.8 Å². The van der Waals surface area contributed by atoms with E-state index in [-0.39, 0.29) is 0 Å². The van der Waals surface area contributed by atoms with Gasteiger partial charge in [-0.2, -0.15) is 0 Å². The summed E-state index contributed by atoms with van der Waals surface area (Å²) in [5.41, 5.74) is 14.7. The summed E-state index contributed by atoms with van der Waals surface area (Å²) in [6, 6.07) is 12.6. The monoisotopic (exact) mass is 240 g/mol. The first-order valence-corrected chi connectivity index (χ1v) is 6.07. The highest BCUT2D eigenvalue weighted by Crippen LogP contribution is 2.24.